The Labute approximate surface area is 183 Å². The second-order valence-electron chi connectivity index (χ2n) is 8.91. The minimum absolute atomic E-state index is 0.110. The molecule has 4 N–H and O–H groups in total. The van der Waals surface area contributed by atoms with Crippen LogP contribution in [-0.2, 0) is 17.8 Å². The molecule has 0 unspecified atom stereocenters. The van der Waals surface area contributed by atoms with Crippen LogP contribution >= 0.6 is 0 Å². The third-order valence-electron chi connectivity index (χ3n) is 6.93. The van der Waals surface area contributed by atoms with Crippen LogP contribution in [0.3, 0.4) is 0 Å². The van der Waals surface area contributed by atoms with E-state index < -0.39 is 0 Å². The van der Waals surface area contributed by atoms with Gasteiger partial charge in [-0.2, -0.15) is 5.10 Å². The van der Waals surface area contributed by atoms with Gasteiger partial charge in [0.15, 0.2) is 0 Å². The van der Waals surface area contributed by atoms with Crippen LogP contribution in [0.2, 0.25) is 0 Å². The molecular formula is C23H32N6O2. The highest BCUT2D eigenvalue weighted by Gasteiger charge is 2.36. The number of nitrogens with zero attached hydrogens (tertiary/aromatic N) is 4. The molecule has 166 valence electrons. The number of aryl methyl sites for hydroxylation is 3. The van der Waals surface area contributed by atoms with Crippen LogP contribution in [0.5, 0.6) is 0 Å². The topological polar surface area (TPSA) is 119 Å². The fourth-order valence-corrected chi connectivity index (χ4v) is 4.98. The number of hydrogen-bond donors (Lipinski definition) is 3. The Morgan fingerprint density at radius 3 is 2.74 bits per heavy atom. The standard InChI is InChI=1S/C23H32N6O2/c1-3-29-20(8-13-25-29)28-21(31)16-4-9-23(10-5-17(30)6-11-23)12-7-19-18(14-16)15(2)26-22(24)27-19/h8,13-14,17,30H,3-7,9-12H2,1-2H3,(H,28,31)(H2,24,26,27)/b16-14+. The SMILES string of the molecule is CCn1nccc1NC(=O)/C1=C/c2c(C)nc(N)nc2CCC2(CC1)CCC(O)CC2. The predicted molar refractivity (Wildman–Crippen MR) is 120 cm³/mol. The molecule has 0 aromatic carbocycles. The molecule has 1 amide bonds. The predicted octanol–water partition coefficient (Wildman–Crippen LogP) is 3.25. The van der Waals surface area contributed by atoms with Crippen molar-refractivity contribution < 1.29 is 9.90 Å². The zero-order chi connectivity index (χ0) is 22.0. The largest absolute Gasteiger partial charge is 0.393 e. The number of carbonyl (C=O) groups excluding carboxylic acids is 1. The monoisotopic (exact) mass is 424 g/mol. The lowest BCUT2D eigenvalue weighted by molar-refractivity contribution is -0.113. The van der Waals surface area contributed by atoms with Crippen molar-refractivity contribution in [3.8, 4) is 0 Å². The minimum Gasteiger partial charge on any atom is -0.393 e. The molecular weight excluding hydrogens is 392 g/mol. The molecule has 2 aliphatic carbocycles. The Hall–Kier alpha value is -2.74. The van der Waals surface area contributed by atoms with E-state index in [0.717, 1.165) is 61.9 Å². The van der Waals surface area contributed by atoms with Gasteiger partial charge < -0.3 is 16.2 Å². The number of amides is 1. The summed E-state index contributed by atoms with van der Waals surface area (Å²) in [6, 6.07) is 1.81. The summed E-state index contributed by atoms with van der Waals surface area (Å²) in [5.41, 5.74) is 9.37. The maximum Gasteiger partial charge on any atom is 0.252 e. The van der Waals surface area contributed by atoms with Gasteiger partial charge in [0.2, 0.25) is 5.95 Å². The molecule has 8 nitrogen and oxygen atoms in total. The molecule has 0 saturated heterocycles. The normalized spacial score (nSPS) is 25.6. The summed E-state index contributed by atoms with van der Waals surface area (Å²) in [7, 11) is 0. The Morgan fingerprint density at radius 1 is 1.26 bits per heavy atom. The fourth-order valence-electron chi connectivity index (χ4n) is 4.98. The van der Waals surface area contributed by atoms with Gasteiger partial charge in [-0.3, -0.25) is 4.79 Å². The van der Waals surface area contributed by atoms with E-state index in [-0.39, 0.29) is 23.4 Å². The number of carbonyl (C=O) groups is 1. The first-order valence-electron chi connectivity index (χ1n) is 11.2. The van der Waals surface area contributed by atoms with Gasteiger partial charge in [-0.15, -0.1) is 0 Å². The summed E-state index contributed by atoms with van der Waals surface area (Å²) in [5, 5.41) is 17.3. The summed E-state index contributed by atoms with van der Waals surface area (Å²) >= 11 is 0. The van der Waals surface area contributed by atoms with Crippen molar-refractivity contribution in [2.75, 3.05) is 11.1 Å². The van der Waals surface area contributed by atoms with E-state index in [4.69, 9.17) is 5.73 Å². The molecule has 2 aromatic rings. The van der Waals surface area contributed by atoms with Crippen molar-refractivity contribution in [3.63, 3.8) is 0 Å². The van der Waals surface area contributed by atoms with Crippen molar-refractivity contribution in [2.45, 2.75) is 77.9 Å². The van der Waals surface area contributed by atoms with Crippen LogP contribution in [-0.4, -0.2) is 36.9 Å². The zero-order valence-corrected chi connectivity index (χ0v) is 18.4. The Balaban J connectivity index is 1.69. The number of nitrogen functional groups attached to an aromatic ring is 1. The molecule has 0 aliphatic heterocycles. The quantitative estimate of drug-likeness (QED) is 0.696. The lowest BCUT2D eigenvalue weighted by atomic mass is 9.67. The average Bonchev–Trinajstić information content (AvgIpc) is 3.21. The van der Waals surface area contributed by atoms with Crippen LogP contribution in [0.15, 0.2) is 17.8 Å². The molecule has 1 saturated carbocycles. The van der Waals surface area contributed by atoms with Gasteiger partial charge in [-0.25, -0.2) is 14.6 Å². The molecule has 2 aromatic heterocycles. The van der Waals surface area contributed by atoms with E-state index in [1.165, 1.54) is 0 Å². The first-order chi connectivity index (χ1) is 14.9. The summed E-state index contributed by atoms with van der Waals surface area (Å²) < 4.78 is 1.76. The number of aliphatic hydroxyl groups excluding tert-OH is 1. The lowest BCUT2D eigenvalue weighted by Gasteiger charge is -2.39. The fraction of sp³-hybridized carbons (Fsp3) is 0.565. The van der Waals surface area contributed by atoms with Gasteiger partial charge in [0, 0.05) is 23.7 Å². The van der Waals surface area contributed by atoms with Crippen molar-refractivity contribution >= 4 is 23.7 Å². The molecule has 1 spiro atoms. The van der Waals surface area contributed by atoms with Crippen LogP contribution < -0.4 is 11.1 Å². The molecule has 8 heteroatoms. The van der Waals surface area contributed by atoms with E-state index in [1.807, 2.05) is 26.0 Å². The second-order valence-corrected chi connectivity index (χ2v) is 8.91. The van der Waals surface area contributed by atoms with E-state index >= 15 is 0 Å². The van der Waals surface area contributed by atoms with Crippen LogP contribution in [0, 0.1) is 12.3 Å². The van der Waals surface area contributed by atoms with Crippen molar-refractivity contribution in [2.24, 2.45) is 5.41 Å². The van der Waals surface area contributed by atoms with Crippen molar-refractivity contribution in [1.82, 2.24) is 19.7 Å². The zero-order valence-electron chi connectivity index (χ0n) is 18.4. The van der Waals surface area contributed by atoms with Gasteiger partial charge in [0.05, 0.1) is 23.7 Å². The lowest BCUT2D eigenvalue weighted by Crippen LogP contribution is -2.31. The Bertz CT molecular complexity index is 988. The van der Waals surface area contributed by atoms with Crippen molar-refractivity contribution in [1.29, 1.82) is 0 Å². The van der Waals surface area contributed by atoms with Gasteiger partial charge in [-0.1, -0.05) is 0 Å². The van der Waals surface area contributed by atoms with Crippen LogP contribution in [0.1, 0.15) is 68.8 Å². The molecule has 2 aliphatic rings. The van der Waals surface area contributed by atoms with Gasteiger partial charge in [0.25, 0.3) is 5.91 Å². The third-order valence-corrected chi connectivity index (χ3v) is 6.93. The smallest absolute Gasteiger partial charge is 0.252 e. The second kappa shape index (κ2) is 8.78. The number of nitrogens with one attached hydrogen (secondary N) is 1. The molecule has 0 atom stereocenters. The maximum absolute atomic E-state index is 13.3. The first-order valence-corrected chi connectivity index (χ1v) is 11.2. The number of nitrogens with two attached hydrogens (primary N) is 1. The first kappa shape index (κ1) is 21.5. The minimum atomic E-state index is -0.210. The molecule has 4 rings (SSSR count). The molecule has 0 radical (unpaired) electrons. The Kier molecular flexibility index (Phi) is 6.09. The number of aromatic nitrogens is 4. The number of hydrogen-bond acceptors (Lipinski definition) is 6. The number of aliphatic hydroxyl groups is 1. The molecule has 2 heterocycles. The summed E-state index contributed by atoms with van der Waals surface area (Å²) in [6.07, 6.45) is 10.4. The van der Waals surface area contributed by atoms with E-state index in [9.17, 15) is 9.90 Å². The highest BCUT2D eigenvalue weighted by molar-refractivity contribution is 6.06. The highest BCUT2D eigenvalue weighted by Crippen LogP contribution is 2.45. The van der Waals surface area contributed by atoms with Crippen LogP contribution in [0.4, 0.5) is 11.8 Å². The number of rotatable bonds is 3. The molecule has 31 heavy (non-hydrogen) atoms. The number of fused-ring (bicyclic) bond motifs is 1. The van der Waals surface area contributed by atoms with E-state index in [0.29, 0.717) is 24.4 Å². The van der Waals surface area contributed by atoms with Crippen molar-refractivity contribution in [3.05, 3.63) is 34.8 Å². The van der Waals surface area contributed by atoms with Crippen LogP contribution in [0.25, 0.3) is 6.08 Å². The Morgan fingerprint density at radius 2 is 2.00 bits per heavy atom. The summed E-state index contributed by atoms with van der Waals surface area (Å²) in [4.78, 5) is 22.2. The van der Waals surface area contributed by atoms with Gasteiger partial charge in [-0.05, 0) is 76.7 Å². The number of anilines is 2. The third kappa shape index (κ3) is 4.63. The van der Waals surface area contributed by atoms with Gasteiger partial charge >= 0.3 is 0 Å². The summed E-state index contributed by atoms with van der Waals surface area (Å²) in [6.45, 7) is 4.59. The van der Waals surface area contributed by atoms with E-state index in [2.05, 4.69) is 20.4 Å². The highest BCUT2D eigenvalue weighted by atomic mass is 16.3. The maximum atomic E-state index is 13.3. The van der Waals surface area contributed by atoms with Gasteiger partial charge in [0.1, 0.15) is 5.82 Å². The summed E-state index contributed by atoms with van der Waals surface area (Å²) in [5.74, 6) is 0.842. The van der Waals surface area contributed by atoms with E-state index in [1.54, 1.807) is 10.9 Å². The average molecular weight is 425 g/mol. The molecule has 0 bridgehead atoms. The molecule has 1 fully saturated rings.